The first-order valence-corrected chi connectivity index (χ1v) is 6.44. The Hall–Kier alpha value is -0.770. The fourth-order valence-corrected chi connectivity index (χ4v) is 2.04. The molecule has 0 saturated carbocycles. The van der Waals surface area contributed by atoms with E-state index in [1.165, 1.54) is 0 Å². The number of ether oxygens (including phenoxy) is 1. The van der Waals surface area contributed by atoms with Crippen LogP contribution in [0.25, 0.3) is 0 Å². The predicted molar refractivity (Wildman–Crippen MR) is 66.8 cm³/mol. The molecule has 0 aromatic carbocycles. The second-order valence-corrected chi connectivity index (χ2v) is 6.01. The van der Waals surface area contributed by atoms with Crippen LogP contribution in [0.4, 0.5) is 4.79 Å². The van der Waals surface area contributed by atoms with Gasteiger partial charge in [0.2, 0.25) is 0 Å². The summed E-state index contributed by atoms with van der Waals surface area (Å²) in [6.07, 6.45) is 2.36. The lowest BCUT2D eigenvalue weighted by Crippen LogP contribution is -2.35. The topological polar surface area (TPSA) is 49.8 Å². The van der Waals surface area contributed by atoms with Gasteiger partial charge in [-0.1, -0.05) is 0 Å². The van der Waals surface area contributed by atoms with Gasteiger partial charge in [0.25, 0.3) is 0 Å². The zero-order chi connectivity index (χ0) is 13.1. The van der Waals surface area contributed by atoms with Gasteiger partial charge in [-0.15, -0.1) is 0 Å². The summed E-state index contributed by atoms with van der Waals surface area (Å²) >= 11 is 0. The van der Waals surface area contributed by atoms with Crippen LogP contribution < -0.4 is 0 Å². The highest BCUT2D eigenvalue weighted by Gasteiger charge is 2.29. The lowest BCUT2D eigenvalue weighted by atomic mass is 10.0. The second-order valence-electron chi connectivity index (χ2n) is 6.01. The van der Waals surface area contributed by atoms with Gasteiger partial charge in [0.15, 0.2) is 0 Å². The molecule has 1 amide bonds. The summed E-state index contributed by atoms with van der Waals surface area (Å²) in [5, 5.41) is 9.24. The molecule has 2 unspecified atom stereocenters. The van der Waals surface area contributed by atoms with E-state index in [2.05, 4.69) is 0 Å². The largest absolute Gasteiger partial charge is 0.444 e. The zero-order valence-electron chi connectivity index (χ0n) is 11.4. The molecule has 4 nitrogen and oxygen atoms in total. The monoisotopic (exact) mass is 243 g/mol. The molecule has 0 spiro atoms. The van der Waals surface area contributed by atoms with Crippen molar-refractivity contribution in [3.63, 3.8) is 0 Å². The van der Waals surface area contributed by atoms with Crippen LogP contribution in [0.2, 0.25) is 0 Å². The highest BCUT2D eigenvalue weighted by molar-refractivity contribution is 5.68. The smallest absolute Gasteiger partial charge is 0.410 e. The maximum Gasteiger partial charge on any atom is 0.410 e. The quantitative estimate of drug-likeness (QED) is 0.828. The molecule has 2 atom stereocenters. The van der Waals surface area contributed by atoms with E-state index in [9.17, 15) is 9.90 Å². The third kappa shape index (κ3) is 5.39. The fourth-order valence-electron chi connectivity index (χ4n) is 2.04. The number of likely N-dealkylation sites (tertiary alicyclic amines) is 1. The number of hydrogen-bond acceptors (Lipinski definition) is 3. The van der Waals surface area contributed by atoms with E-state index >= 15 is 0 Å². The molecule has 100 valence electrons. The molecule has 0 radical (unpaired) electrons. The molecule has 0 aromatic rings. The zero-order valence-corrected chi connectivity index (χ0v) is 11.4. The summed E-state index contributed by atoms with van der Waals surface area (Å²) in [7, 11) is 0. The number of aliphatic hydroxyl groups is 1. The van der Waals surface area contributed by atoms with Crippen molar-refractivity contribution in [2.45, 2.75) is 58.7 Å². The minimum Gasteiger partial charge on any atom is -0.444 e. The van der Waals surface area contributed by atoms with Gasteiger partial charge in [0.1, 0.15) is 5.60 Å². The van der Waals surface area contributed by atoms with Crippen molar-refractivity contribution in [1.29, 1.82) is 0 Å². The number of nitrogens with zero attached hydrogens (tertiary/aromatic N) is 1. The van der Waals surface area contributed by atoms with Gasteiger partial charge < -0.3 is 14.7 Å². The number of aliphatic hydroxyl groups excluding tert-OH is 1. The molecule has 17 heavy (non-hydrogen) atoms. The molecule has 4 heteroatoms. The first kappa shape index (κ1) is 14.3. The average molecular weight is 243 g/mol. The molecule has 1 N–H and O–H groups in total. The molecule has 1 heterocycles. The minimum absolute atomic E-state index is 0.211. The first-order valence-electron chi connectivity index (χ1n) is 6.44. The maximum absolute atomic E-state index is 11.8. The van der Waals surface area contributed by atoms with Gasteiger partial charge in [-0.3, -0.25) is 0 Å². The van der Waals surface area contributed by atoms with Crippen LogP contribution >= 0.6 is 0 Å². The Balaban J connectivity index is 2.32. The number of carbonyl (C=O) groups is 1. The molecule has 1 rings (SSSR count). The van der Waals surface area contributed by atoms with Crippen molar-refractivity contribution in [3.8, 4) is 0 Å². The van der Waals surface area contributed by atoms with Gasteiger partial charge in [-0.05, 0) is 52.9 Å². The van der Waals surface area contributed by atoms with Crippen LogP contribution in [0.15, 0.2) is 0 Å². The Kier molecular flexibility index (Phi) is 4.80. The summed E-state index contributed by atoms with van der Waals surface area (Å²) in [5.74, 6) is 0.511. The van der Waals surface area contributed by atoms with E-state index in [1.54, 1.807) is 11.8 Å². The molecule has 1 aliphatic heterocycles. The Labute approximate surface area is 104 Å². The van der Waals surface area contributed by atoms with Crippen LogP contribution in [0.5, 0.6) is 0 Å². The van der Waals surface area contributed by atoms with Crippen molar-refractivity contribution in [2.24, 2.45) is 5.92 Å². The molecule has 0 aromatic heterocycles. The second kappa shape index (κ2) is 5.71. The van der Waals surface area contributed by atoms with Crippen molar-refractivity contribution in [3.05, 3.63) is 0 Å². The standard InChI is InChI=1S/C13H25NO3/c1-10(15)5-6-11-7-8-14(9-11)12(16)17-13(2,3)4/h10-11,15H,5-9H2,1-4H3. The van der Waals surface area contributed by atoms with Crippen molar-refractivity contribution >= 4 is 6.09 Å². The van der Waals surface area contributed by atoms with E-state index in [0.29, 0.717) is 5.92 Å². The normalized spacial score (nSPS) is 22.6. The lowest BCUT2D eigenvalue weighted by Gasteiger charge is -2.24. The molecule has 0 bridgehead atoms. The molecule has 1 fully saturated rings. The summed E-state index contributed by atoms with van der Waals surface area (Å²) in [6, 6.07) is 0. The number of rotatable bonds is 3. The van der Waals surface area contributed by atoms with E-state index in [-0.39, 0.29) is 12.2 Å². The summed E-state index contributed by atoms with van der Waals surface area (Å²) in [4.78, 5) is 13.6. The Morgan fingerprint density at radius 2 is 2.18 bits per heavy atom. The Morgan fingerprint density at radius 1 is 1.53 bits per heavy atom. The van der Waals surface area contributed by atoms with Crippen LogP contribution in [0.3, 0.4) is 0 Å². The van der Waals surface area contributed by atoms with Gasteiger partial charge in [0, 0.05) is 13.1 Å². The Bertz CT molecular complexity index is 258. The molecular formula is C13H25NO3. The van der Waals surface area contributed by atoms with Gasteiger partial charge >= 0.3 is 6.09 Å². The number of amides is 1. The number of hydrogen-bond donors (Lipinski definition) is 1. The molecular weight excluding hydrogens is 218 g/mol. The highest BCUT2D eigenvalue weighted by Crippen LogP contribution is 2.23. The van der Waals surface area contributed by atoms with E-state index < -0.39 is 5.60 Å². The molecule has 1 aliphatic rings. The van der Waals surface area contributed by atoms with Crippen LogP contribution in [0, 0.1) is 5.92 Å². The van der Waals surface area contributed by atoms with Gasteiger partial charge in [-0.2, -0.15) is 0 Å². The maximum atomic E-state index is 11.8. The SMILES string of the molecule is CC(O)CCC1CCN(C(=O)OC(C)(C)C)C1. The Morgan fingerprint density at radius 3 is 2.71 bits per heavy atom. The lowest BCUT2D eigenvalue weighted by molar-refractivity contribution is 0.0287. The highest BCUT2D eigenvalue weighted by atomic mass is 16.6. The van der Waals surface area contributed by atoms with Crippen molar-refractivity contribution in [2.75, 3.05) is 13.1 Å². The summed E-state index contributed by atoms with van der Waals surface area (Å²) < 4.78 is 5.33. The minimum atomic E-state index is -0.422. The van der Waals surface area contributed by atoms with Crippen molar-refractivity contribution in [1.82, 2.24) is 4.90 Å². The third-order valence-electron chi connectivity index (χ3n) is 2.93. The third-order valence-corrected chi connectivity index (χ3v) is 2.93. The summed E-state index contributed by atoms with van der Waals surface area (Å²) in [6.45, 7) is 8.99. The van der Waals surface area contributed by atoms with E-state index in [1.807, 2.05) is 20.8 Å². The van der Waals surface area contributed by atoms with Gasteiger partial charge in [0.05, 0.1) is 6.10 Å². The number of carbonyl (C=O) groups excluding carboxylic acids is 1. The predicted octanol–water partition coefficient (Wildman–Crippen LogP) is 2.40. The van der Waals surface area contributed by atoms with Crippen molar-refractivity contribution < 1.29 is 14.6 Å². The van der Waals surface area contributed by atoms with Gasteiger partial charge in [-0.25, -0.2) is 4.79 Å². The van der Waals surface area contributed by atoms with Crippen LogP contribution in [-0.4, -0.2) is 40.9 Å². The fraction of sp³-hybridized carbons (Fsp3) is 0.923. The molecule has 1 saturated heterocycles. The van der Waals surface area contributed by atoms with Crippen LogP contribution in [-0.2, 0) is 4.74 Å². The average Bonchev–Trinajstić information content (AvgIpc) is 2.60. The molecule has 0 aliphatic carbocycles. The summed E-state index contributed by atoms with van der Waals surface area (Å²) in [5.41, 5.74) is -0.422. The van der Waals surface area contributed by atoms with Crippen LogP contribution in [0.1, 0.15) is 47.0 Å². The van der Waals surface area contributed by atoms with E-state index in [0.717, 1.165) is 32.4 Å². The van der Waals surface area contributed by atoms with E-state index in [4.69, 9.17) is 4.74 Å². The first-order chi connectivity index (χ1) is 7.78.